The maximum atomic E-state index is 5.36. The Bertz CT molecular complexity index is 157. The molecule has 50 valence electrons. The Labute approximate surface area is 53.7 Å². The second-order valence-electron chi connectivity index (χ2n) is 1.93. The van der Waals surface area contributed by atoms with Gasteiger partial charge in [-0.05, 0) is 6.92 Å². The molecule has 4 nitrogen and oxygen atoms in total. The largest absolute Gasteiger partial charge is 0.328 e. The first kappa shape index (κ1) is 6.22. The van der Waals surface area contributed by atoms with Gasteiger partial charge in [0.15, 0.2) is 0 Å². The van der Waals surface area contributed by atoms with Crippen LogP contribution in [0.1, 0.15) is 13.0 Å². The lowest BCUT2D eigenvalue weighted by Gasteiger charge is -2.04. The minimum atomic E-state index is 0.208. The lowest BCUT2D eigenvalue weighted by Crippen LogP contribution is -2.18. The second kappa shape index (κ2) is 2.59. The van der Waals surface area contributed by atoms with Crippen LogP contribution in [-0.4, -0.2) is 21.5 Å². The van der Waals surface area contributed by atoms with Gasteiger partial charge in [-0.1, -0.05) is 0 Å². The minimum absolute atomic E-state index is 0.208. The van der Waals surface area contributed by atoms with E-state index < -0.39 is 0 Å². The van der Waals surface area contributed by atoms with Gasteiger partial charge in [0.1, 0.15) is 0 Å². The summed E-state index contributed by atoms with van der Waals surface area (Å²) in [5.74, 6) is 0. The molecule has 0 aliphatic rings. The zero-order valence-electron chi connectivity index (χ0n) is 5.36. The maximum Gasteiger partial charge on any atom is 0.0810 e. The molecule has 1 aromatic heterocycles. The van der Waals surface area contributed by atoms with Crippen molar-refractivity contribution in [2.24, 2.45) is 5.73 Å². The molecule has 0 aliphatic carbocycles. The van der Waals surface area contributed by atoms with Gasteiger partial charge in [-0.25, -0.2) is 0 Å². The van der Waals surface area contributed by atoms with E-state index in [-0.39, 0.29) is 6.04 Å². The number of hydrogen-bond acceptors (Lipinski definition) is 3. The van der Waals surface area contributed by atoms with Crippen molar-refractivity contribution in [1.29, 1.82) is 0 Å². The van der Waals surface area contributed by atoms with Gasteiger partial charge in [0.2, 0.25) is 0 Å². The van der Waals surface area contributed by atoms with Crippen molar-refractivity contribution in [1.82, 2.24) is 15.0 Å². The molecule has 0 saturated heterocycles. The standard InChI is InChI=1S/C5H10N4/c1-5(4-6)9-7-2-3-8-9/h2-3,5H,4,6H2,1H3/t5-/m1/s1. The average molecular weight is 126 g/mol. The van der Waals surface area contributed by atoms with Crippen LogP contribution in [0.25, 0.3) is 0 Å². The van der Waals surface area contributed by atoms with Crippen molar-refractivity contribution in [2.45, 2.75) is 13.0 Å². The fourth-order valence-electron chi connectivity index (χ4n) is 0.548. The Morgan fingerprint density at radius 3 is 2.56 bits per heavy atom. The summed E-state index contributed by atoms with van der Waals surface area (Å²) in [7, 11) is 0. The third kappa shape index (κ3) is 1.26. The summed E-state index contributed by atoms with van der Waals surface area (Å²) in [5, 5.41) is 7.83. The summed E-state index contributed by atoms with van der Waals surface area (Å²) in [6.45, 7) is 2.55. The third-order valence-corrected chi connectivity index (χ3v) is 1.17. The monoisotopic (exact) mass is 126 g/mol. The Morgan fingerprint density at radius 1 is 1.56 bits per heavy atom. The molecule has 0 aliphatic heterocycles. The van der Waals surface area contributed by atoms with E-state index in [9.17, 15) is 0 Å². The molecule has 0 bridgehead atoms. The van der Waals surface area contributed by atoms with Crippen LogP contribution in [0.3, 0.4) is 0 Å². The Balaban J connectivity index is 2.65. The van der Waals surface area contributed by atoms with E-state index in [4.69, 9.17) is 5.73 Å². The minimum Gasteiger partial charge on any atom is -0.328 e. The van der Waals surface area contributed by atoms with Crippen LogP contribution in [-0.2, 0) is 0 Å². The molecule has 2 N–H and O–H groups in total. The molecule has 0 saturated carbocycles. The van der Waals surface area contributed by atoms with E-state index >= 15 is 0 Å². The van der Waals surface area contributed by atoms with Crippen molar-refractivity contribution in [3.8, 4) is 0 Å². The lowest BCUT2D eigenvalue weighted by molar-refractivity contribution is 0.442. The van der Waals surface area contributed by atoms with Crippen LogP contribution in [0, 0.1) is 0 Å². The summed E-state index contributed by atoms with van der Waals surface area (Å²) in [5.41, 5.74) is 5.36. The predicted molar refractivity (Wildman–Crippen MR) is 33.8 cm³/mol. The Morgan fingerprint density at radius 2 is 2.11 bits per heavy atom. The SMILES string of the molecule is C[C@H](CN)n1nccn1. The molecule has 0 amide bonds. The Kier molecular flexibility index (Phi) is 1.79. The number of aromatic nitrogens is 3. The van der Waals surface area contributed by atoms with Gasteiger partial charge in [0.05, 0.1) is 18.4 Å². The van der Waals surface area contributed by atoms with Crippen molar-refractivity contribution < 1.29 is 0 Å². The van der Waals surface area contributed by atoms with Crippen LogP contribution < -0.4 is 5.73 Å². The molecule has 4 heteroatoms. The van der Waals surface area contributed by atoms with E-state index in [2.05, 4.69) is 10.2 Å². The molecule has 0 radical (unpaired) electrons. The number of nitrogens with zero attached hydrogens (tertiary/aromatic N) is 3. The van der Waals surface area contributed by atoms with Gasteiger partial charge in [-0.15, -0.1) is 0 Å². The molecular weight excluding hydrogens is 116 g/mol. The number of hydrogen-bond donors (Lipinski definition) is 1. The van der Waals surface area contributed by atoms with Crippen molar-refractivity contribution in [3.63, 3.8) is 0 Å². The zero-order chi connectivity index (χ0) is 6.69. The average Bonchev–Trinajstić information content (AvgIpc) is 2.37. The molecule has 0 unspecified atom stereocenters. The summed E-state index contributed by atoms with van der Waals surface area (Å²) >= 11 is 0. The van der Waals surface area contributed by atoms with Crippen LogP contribution >= 0.6 is 0 Å². The van der Waals surface area contributed by atoms with E-state index in [0.29, 0.717) is 6.54 Å². The van der Waals surface area contributed by atoms with Gasteiger partial charge >= 0.3 is 0 Å². The van der Waals surface area contributed by atoms with Crippen LogP contribution in [0.4, 0.5) is 0 Å². The fourth-order valence-corrected chi connectivity index (χ4v) is 0.548. The van der Waals surface area contributed by atoms with Gasteiger partial charge in [0.25, 0.3) is 0 Å². The van der Waals surface area contributed by atoms with E-state index in [0.717, 1.165) is 0 Å². The van der Waals surface area contributed by atoms with Crippen LogP contribution in [0.2, 0.25) is 0 Å². The van der Waals surface area contributed by atoms with Gasteiger partial charge < -0.3 is 5.73 Å². The quantitative estimate of drug-likeness (QED) is 0.597. The molecule has 1 rings (SSSR count). The highest BCUT2D eigenvalue weighted by Gasteiger charge is 1.99. The molecule has 0 spiro atoms. The van der Waals surface area contributed by atoms with Gasteiger partial charge in [-0.3, -0.25) is 0 Å². The molecule has 1 atom stereocenters. The molecular formula is C5H10N4. The normalized spacial score (nSPS) is 13.6. The van der Waals surface area contributed by atoms with E-state index in [1.165, 1.54) is 0 Å². The topological polar surface area (TPSA) is 56.7 Å². The first-order chi connectivity index (χ1) is 4.34. The summed E-state index contributed by atoms with van der Waals surface area (Å²) < 4.78 is 0. The third-order valence-electron chi connectivity index (χ3n) is 1.17. The smallest absolute Gasteiger partial charge is 0.0810 e. The summed E-state index contributed by atoms with van der Waals surface area (Å²) in [4.78, 5) is 1.60. The molecule has 0 fully saturated rings. The van der Waals surface area contributed by atoms with Gasteiger partial charge in [0, 0.05) is 6.54 Å². The van der Waals surface area contributed by atoms with Crippen LogP contribution in [0.5, 0.6) is 0 Å². The first-order valence-electron chi connectivity index (χ1n) is 2.90. The second-order valence-corrected chi connectivity index (χ2v) is 1.93. The number of nitrogens with two attached hydrogens (primary N) is 1. The van der Waals surface area contributed by atoms with E-state index in [1.54, 1.807) is 17.2 Å². The van der Waals surface area contributed by atoms with Crippen molar-refractivity contribution in [3.05, 3.63) is 12.4 Å². The highest BCUT2D eigenvalue weighted by molar-refractivity contribution is 4.64. The molecule has 0 aromatic carbocycles. The predicted octanol–water partition coefficient (Wildman–Crippen LogP) is -0.202. The molecule has 1 heterocycles. The highest BCUT2D eigenvalue weighted by Crippen LogP contribution is 1.94. The highest BCUT2D eigenvalue weighted by atomic mass is 15.5. The number of rotatable bonds is 2. The lowest BCUT2D eigenvalue weighted by atomic mass is 10.4. The molecule has 1 aromatic rings. The van der Waals surface area contributed by atoms with E-state index in [1.807, 2.05) is 6.92 Å². The first-order valence-corrected chi connectivity index (χ1v) is 2.90. The van der Waals surface area contributed by atoms with Crippen LogP contribution in [0.15, 0.2) is 12.4 Å². The maximum absolute atomic E-state index is 5.36. The van der Waals surface area contributed by atoms with Gasteiger partial charge in [-0.2, -0.15) is 15.0 Å². The fraction of sp³-hybridized carbons (Fsp3) is 0.600. The Hall–Kier alpha value is -0.900. The van der Waals surface area contributed by atoms with Crippen molar-refractivity contribution >= 4 is 0 Å². The zero-order valence-corrected chi connectivity index (χ0v) is 5.36. The summed E-state index contributed by atoms with van der Waals surface area (Å²) in [6.07, 6.45) is 3.29. The van der Waals surface area contributed by atoms with Crippen molar-refractivity contribution in [2.75, 3.05) is 6.54 Å². The molecule has 9 heavy (non-hydrogen) atoms. The summed E-state index contributed by atoms with van der Waals surface area (Å²) in [6, 6.07) is 0.208.